The Morgan fingerprint density at radius 1 is 1.19 bits per heavy atom. The van der Waals surface area contributed by atoms with Crippen LogP contribution in [0.2, 0.25) is 0 Å². The molecule has 4 heteroatoms. The average Bonchev–Trinajstić information content (AvgIpc) is 2.52. The van der Waals surface area contributed by atoms with Crippen LogP contribution in [0.3, 0.4) is 0 Å². The molecular formula is C17H20FNO2. The number of benzene rings is 2. The predicted molar refractivity (Wildman–Crippen MR) is 80.4 cm³/mol. The standard InChI is InChI=1S/C17H20FNO2/c1-2-15(19)17(12-7-5-8-14(18)10-12)21-16-9-4-3-6-13(16)11-20/h3-10,15,17,20H,2,11,19H2,1H3. The second kappa shape index (κ2) is 7.20. The Kier molecular flexibility index (Phi) is 5.31. The number of hydrogen-bond donors (Lipinski definition) is 2. The van der Waals surface area contributed by atoms with Crippen molar-refractivity contribution in [2.45, 2.75) is 32.1 Å². The number of nitrogens with two attached hydrogens (primary N) is 1. The normalized spacial score (nSPS) is 13.7. The van der Waals surface area contributed by atoms with E-state index in [4.69, 9.17) is 10.5 Å². The molecule has 0 radical (unpaired) electrons. The van der Waals surface area contributed by atoms with Gasteiger partial charge in [0, 0.05) is 11.6 Å². The molecule has 112 valence electrons. The molecule has 2 unspecified atom stereocenters. The van der Waals surface area contributed by atoms with Gasteiger partial charge in [0.1, 0.15) is 17.7 Å². The lowest BCUT2D eigenvalue weighted by Gasteiger charge is -2.25. The third-order valence-electron chi connectivity index (χ3n) is 3.43. The molecule has 2 aromatic carbocycles. The molecule has 2 atom stereocenters. The Labute approximate surface area is 124 Å². The average molecular weight is 289 g/mol. The van der Waals surface area contributed by atoms with E-state index in [2.05, 4.69) is 0 Å². The molecule has 0 aliphatic rings. The summed E-state index contributed by atoms with van der Waals surface area (Å²) in [6, 6.07) is 13.2. The van der Waals surface area contributed by atoms with Crippen LogP contribution in [-0.2, 0) is 6.61 Å². The molecule has 0 aromatic heterocycles. The van der Waals surface area contributed by atoms with Gasteiger partial charge in [-0.2, -0.15) is 0 Å². The number of aliphatic hydroxyl groups excluding tert-OH is 1. The van der Waals surface area contributed by atoms with Crippen molar-refractivity contribution in [3.8, 4) is 5.75 Å². The summed E-state index contributed by atoms with van der Waals surface area (Å²) in [7, 11) is 0. The molecule has 3 nitrogen and oxygen atoms in total. The van der Waals surface area contributed by atoms with Crippen molar-refractivity contribution < 1.29 is 14.2 Å². The summed E-state index contributed by atoms with van der Waals surface area (Å²) in [6.07, 6.45) is 0.237. The highest BCUT2D eigenvalue weighted by Gasteiger charge is 2.22. The van der Waals surface area contributed by atoms with Crippen molar-refractivity contribution in [1.29, 1.82) is 0 Å². The van der Waals surface area contributed by atoms with Gasteiger partial charge in [-0.25, -0.2) is 4.39 Å². The van der Waals surface area contributed by atoms with Gasteiger partial charge in [0.15, 0.2) is 0 Å². The lowest BCUT2D eigenvalue weighted by Crippen LogP contribution is -2.31. The Bertz CT molecular complexity index is 589. The minimum absolute atomic E-state index is 0.118. The van der Waals surface area contributed by atoms with Crippen LogP contribution >= 0.6 is 0 Å². The van der Waals surface area contributed by atoms with E-state index in [1.807, 2.05) is 19.1 Å². The Hall–Kier alpha value is -1.91. The highest BCUT2D eigenvalue weighted by Crippen LogP contribution is 2.28. The van der Waals surface area contributed by atoms with E-state index in [0.717, 1.165) is 0 Å². The van der Waals surface area contributed by atoms with Gasteiger partial charge in [-0.1, -0.05) is 37.3 Å². The van der Waals surface area contributed by atoms with Crippen molar-refractivity contribution in [2.24, 2.45) is 5.73 Å². The van der Waals surface area contributed by atoms with Crippen LogP contribution in [0, 0.1) is 5.82 Å². The zero-order valence-corrected chi connectivity index (χ0v) is 12.0. The first-order valence-electron chi connectivity index (χ1n) is 7.02. The molecule has 0 saturated carbocycles. The monoisotopic (exact) mass is 289 g/mol. The summed E-state index contributed by atoms with van der Waals surface area (Å²) in [5.41, 5.74) is 7.50. The highest BCUT2D eigenvalue weighted by atomic mass is 19.1. The third kappa shape index (κ3) is 3.80. The maximum atomic E-state index is 13.4. The first kappa shape index (κ1) is 15.5. The summed E-state index contributed by atoms with van der Waals surface area (Å²) < 4.78 is 19.4. The smallest absolute Gasteiger partial charge is 0.139 e. The van der Waals surface area contributed by atoms with Gasteiger partial charge >= 0.3 is 0 Å². The van der Waals surface area contributed by atoms with Crippen LogP contribution in [0.25, 0.3) is 0 Å². The topological polar surface area (TPSA) is 55.5 Å². The number of para-hydroxylation sites is 1. The van der Waals surface area contributed by atoms with Crippen molar-refractivity contribution in [1.82, 2.24) is 0 Å². The Morgan fingerprint density at radius 2 is 1.95 bits per heavy atom. The fraction of sp³-hybridized carbons (Fsp3) is 0.294. The SMILES string of the molecule is CCC(N)C(Oc1ccccc1CO)c1cccc(F)c1. The molecule has 0 aliphatic heterocycles. The lowest BCUT2D eigenvalue weighted by atomic mass is 10.0. The number of hydrogen-bond acceptors (Lipinski definition) is 3. The van der Waals surface area contributed by atoms with E-state index < -0.39 is 6.10 Å². The minimum atomic E-state index is -0.460. The molecule has 0 spiro atoms. The van der Waals surface area contributed by atoms with E-state index in [1.165, 1.54) is 12.1 Å². The van der Waals surface area contributed by atoms with Crippen LogP contribution < -0.4 is 10.5 Å². The van der Waals surface area contributed by atoms with Crippen LogP contribution in [0.4, 0.5) is 4.39 Å². The first-order chi connectivity index (χ1) is 10.2. The number of ether oxygens (including phenoxy) is 1. The second-order valence-electron chi connectivity index (χ2n) is 4.93. The molecule has 3 N–H and O–H groups in total. The maximum Gasteiger partial charge on any atom is 0.139 e. The first-order valence-corrected chi connectivity index (χ1v) is 7.02. The molecule has 0 heterocycles. The van der Waals surface area contributed by atoms with Crippen molar-refractivity contribution in [3.05, 3.63) is 65.5 Å². The fourth-order valence-electron chi connectivity index (χ4n) is 2.19. The van der Waals surface area contributed by atoms with Gasteiger partial charge in [-0.05, 0) is 30.2 Å². The van der Waals surface area contributed by atoms with Crippen molar-refractivity contribution in [3.63, 3.8) is 0 Å². The third-order valence-corrected chi connectivity index (χ3v) is 3.43. The summed E-state index contributed by atoms with van der Waals surface area (Å²) in [5, 5.41) is 9.37. The number of halogens is 1. The van der Waals surface area contributed by atoms with E-state index in [9.17, 15) is 9.50 Å². The molecular weight excluding hydrogens is 269 g/mol. The fourth-order valence-corrected chi connectivity index (χ4v) is 2.19. The highest BCUT2D eigenvalue weighted by molar-refractivity contribution is 5.34. The quantitative estimate of drug-likeness (QED) is 0.858. The van der Waals surface area contributed by atoms with Gasteiger partial charge < -0.3 is 15.6 Å². The summed E-state index contributed by atoms with van der Waals surface area (Å²) >= 11 is 0. The Morgan fingerprint density at radius 3 is 2.62 bits per heavy atom. The van der Waals surface area contributed by atoms with Crippen LogP contribution in [-0.4, -0.2) is 11.1 Å². The van der Waals surface area contributed by atoms with Crippen LogP contribution in [0.1, 0.15) is 30.6 Å². The molecule has 0 amide bonds. The van der Waals surface area contributed by atoms with E-state index in [1.54, 1.807) is 24.3 Å². The molecule has 0 saturated heterocycles. The predicted octanol–water partition coefficient (Wildman–Crippen LogP) is 3.18. The molecule has 0 fully saturated rings. The summed E-state index contributed by atoms with van der Waals surface area (Å²) in [4.78, 5) is 0. The van der Waals surface area contributed by atoms with E-state index >= 15 is 0 Å². The zero-order chi connectivity index (χ0) is 15.2. The zero-order valence-electron chi connectivity index (χ0n) is 12.0. The Balaban J connectivity index is 2.33. The molecule has 2 rings (SSSR count). The second-order valence-corrected chi connectivity index (χ2v) is 4.93. The molecule has 21 heavy (non-hydrogen) atoms. The van der Waals surface area contributed by atoms with Crippen molar-refractivity contribution >= 4 is 0 Å². The minimum Gasteiger partial charge on any atom is -0.484 e. The van der Waals surface area contributed by atoms with Gasteiger partial charge in [-0.15, -0.1) is 0 Å². The van der Waals surface area contributed by atoms with Gasteiger partial charge in [-0.3, -0.25) is 0 Å². The van der Waals surface area contributed by atoms with E-state index in [0.29, 0.717) is 23.3 Å². The van der Waals surface area contributed by atoms with Crippen LogP contribution in [0.5, 0.6) is 5.75 Å². The number of aliphatic hydroxyl groups is 1. The van der Waals surface area contributed by atoms with Crippen LogP contribution in [0.15, 0.2) is 48.5 Å². The van der Waals surface area contributed by atoms with Crippen molar-refractivity contribution in [2.75, 3.05) is 0 Å². The summed E-state index contributed by atoms with van der Waals surface area (Å²) in [5.74, 6) is 0.248. The molecule has 0 aliphatic carbocycles. The van der Waals surface area contributed by atoms with Gasteiger partial charge in [0.2, 0.25) is 0 Å². The maximum absolute atomic E-state index is 13.4. The van der Waals surface area contributed by atoms with E-state index in [-0.39, 0.29) is 18.5 Å². The summed E-state index contributed by atoms with van der Waals surface area (Å²) in [6.45, 7) is 1.84. The van der Waals surface area contributed by atoms with Gasteiger partial charge in [0.05, 0.1) is 6.61 Å². The van der Waals surface area contributed by atoms with Gasteiger partial charge in [0.25, 0.3) is 0 Å². The molecule has 0 bridgehead atoms. The molecule has 2 aromatic rings. The number of rotatable bonds is 6. The largest absolute Gasteiger partial charge is 0.484 e. The lowest BCUT2D eigenvalue weighted by molar-refractivity contribution is 0.164.